The number of nitrogens with one attached hydrogen (secondary N) is 1. The molecule has 0 saturated carbocycles. The van der Waals surface area contributed by atoms with Gasteiger partial charge < -0.3 is 14.8 Å². The number of hydrogen-bond acceptors (Lipinski definition) is 3. The minimum absolute atomic E-state index is 0.224. The standard InChI is InChI=1S/C18H20FNO3/c1-12-16(22-2)10-14(11-17(12)23-3)18(21)20-8-7-13-5-4-6-15(19)9-13/h4-6,9-11H,7-8H2,1-3H3,(H,20,21). The molecule has 5 heteroatoms. The third-order valence-corrected chi connectivity index (χ3v) is 3.60. The summed E-state index contributed by atoms with van der Waals surface area (Å²) in [6, 6.07) is 9.69. The fourth-order valence-corrected chi connectivity index (χ4v) is 2.33. The number of rotatable bonds is 6. The van der Waals surface area contributed by atoms with Crippen LogP contribution in [-0.2, 0) is 6.42 Å². The summed E-state index contributed by atoms with van der Waals surface area (Å²) in [6.45, 7) is 2.28. The number of carbonyl (C=O) groups is 1. The molecule has 23 heavy (non-hydrogen) atoms. The molecule has 1 N–H and O–H groups in total. The van der Waals surface area contributed by atoms with E-state index in [4.69, 9.17) is 9.47 Å². The van der Waals surface area contributed by atoms with E-state index in [1.165, 1.54) is 12.1 Å². The highest BCUT2D eigenvalue weighted by molar-refractivity contribution is 5.95. The Morgan fingerprint density at radius 1 is 1.13 bits per heavy atom. The topological polar surface area (TPSA) is 47.6 Å². The highest BCUT2D eigenvalue weighted by atomic mass is 19.1. The van der Waals surface area contributed by atoms with E-state index in [1.807, 2.05) is 13.0 Å². The van der Waals surface area contributed by atoms with E-state index >= 15 is 0 Å². The van der Waals surface area contributed by atoms with Crippen molar-refractivity contribution in [3.05, 3.63) is 58.9 Å². The van der Waals surface area contributed by atoms with Crippen molar-refractivity contribution in [2.75, 3.05) is 20.8 Å². The van der Waals surface area contributed by atoms with Gasteiger partial charge in [-0.05, 0) is 43.2 Å². The van der Waals surface area contributed by atoms with Crippen molar-refractivity contribution in [2.45, 2.75) is 13.3 Å². The van der Waals surface area contributed by atoms with Gasteiger partial charge in [-0.2, -0.15) is 0 Å². The fraction of sp³-hybridized carbons (Fsp3) is 0.278. The van der Waals surface area contributed by atoms with Crippen molar-refractivity contribution < 1.29 is 18.7 Å². The van der Waals surface area contributed by atoms with Gasteiger partial charge in [-0.3, -0.25) is 4.79 Å². The van der Waals surface area contributed by atoms with Crippen LogP contribution in [0.2, 0.25) is 0 Å². The molecule has 0 atom stereocenters. The molecular weight excluding hydrogens is 297 g/mol. The van der Waals surface area contributed by atoms with E-state index in [9.17, 15) is 9.18 Å². The zero-order chi connectivity index (χ0) is 16.8. The van der Waals surface area contributed by atoms with Gasteiger partial charge in [0.25, 0.3) is 5.91 Å². The summed E-state index contributed by atoms with van der Waals surface area (Å²) >= 11 is 0. The van der Waals surface area contributed by atoms with E-state index in [0.29, 0.717) is 30.0 Å². The molecule has 0 aromatic heterocycles. The van der Waals surface area contributed by atoms with Gasteiger partial charge in [0.05, 0.1) is 14.2 Å². The first-order valence-corrected chi connectivity index (χ1v) is 7.30. The quantitative estimate of drug-likeness (QED) is 0.890. The van der Waals surface area contributed by atoms with Crippen LogP contribution < -0.4 is 14.8 Å². The van der Waals surface area contributed by atoms with Crippen molar-refractivity contribution in [1.29, 1.82) is 0 Å². The van der Waals surface area contributed by atoms with Gasteiger partial charge in [0.15, 0.2) is 0 Å². The summed E-state index contributed by atoms with van der Waals surface area (Å²) in [6.07, 6.45) is 0.559. The highest BCUT2D eigenvalue weighted by Crippen LogP contribution is 2.29. The molecule has 0 spiro atoms. The van der Waals surface area contributed by atoms with Gasteiger partial charge in [0.2, 0.25) is 0 Å². The SMILES string of the molecule is COc1cc(C(=O)NCCc2cccc(F)c2)cc(OC)c1C. The van der Waals surface area contributed by atoms with Crippen molar-refractivity contribution in [2.24, 2.45) is 0 Å². The molecule has 0 aliphatic rings. The van der Waals surface area contributed by atoms with Crippen LogP contribution in [0.1, 0.15) is 21.5 Å². The zero-order valence-corrected chi connectivity index (χ0v) is 13.5. The first kappa shape index (κ1) is 16.8. The third-order valence-electron chi connectivity index (χ3n) is 3.60. The second kappa shape index (κ2) is 7.63. The van der Waals surface area contributed by atoms with Crippen molar-refractivity contribution in [3.63, 3.8) is 0 Å². The molecule has 0 bridgehead atoms. The number of carbonyl (C=O) groups excluding carboxylic acids is 1. The molecular formula is C18H20FNO3. The van der Waals surface area contributed by atoms with Crippen LogP contribution in [0.25, 0.3) is 0 Å². The maximum absolute atomic E-state index is 13.1. The van der Waals surface area contributed by atoms with Crippen LogP contribution in [0.4, 0.5) is 4.39 Å². The average Bonchev–Trinajstić information content (AvgIpc) is 2.55. The monoisotopic (exact) mass is 317 g/mol. The molecule has 122 valence electrons. The first-order valence-electron chi connectivity index (χ1n) is 7.30. The van der Waals surface area contributed by atoms with E-state index in [-0.39, 0.29) is 11.7 Å². The van der Waals surface area contributed by atoms with Gasteiger partial charge in [-0.25, -0.2) is 4.39 Å². The minimum atomic E-state index is -0.276. The number of halogens is 1. The summed E-state index contributed by atoms with van der Waals surface area (Å²) in [5.41, 5.74) is 2.14. The van der Waals surface area contributed by atoms with Crippen LogP contribution in [0, 0.1) is 12.7 Å². The summed E-state index contributed by atoms with van der Waals surface area (Å²) in [7, 11) is 3.10. The lowest BCUT2D eigenvalue weighted by Crippen LogP contribution is -2.25. The number of ether oxygens (including phenoxy) is 2. The first-order chi connectivity index (χ1) is 11.0. The third kappa shape index (κ3) is 4.22. The second-order valence-corrected chi connectivity index (χ2v) is 5.14. The van der Waals surface area contributed by atoms with Gasteiger partial charge in [0.1, 0.15) is 17.3 Å². The van der Waals surface area contributed by atoms with Gasteiger partial charge in [-0.1, -0.05) is 12.1 Å². The Balaban J connectivity index is 2.03. The van der Waals surface area contributed by atoms with Crippen LogP contribution >= 0.6 is 0 Å². The summed E-state index contributed by atoms with van der Waals surface area (Å²) in [4.78, 5) is 12.3. The number of methoxy groups -OCH3 is 2. The Labute approximate surface area is 135 Å². The molecule has 0 heterocycles. The molecule has 0 radical (unpaired) electrons. The molecule has 0 aliphatic heterocycles. The van der Waals surface area contributed by atoms with E-state index in [1.54, 1.807) is 32.4 Å². The van der Waals surface area contributed by atoms with Gasteiger partial charge >= 0.3 is 0 Å². The molecule has 2 aromatic carbocycles. The van der Waals surface area contributed by atoms with E-state index in [2.05, 4.69) is 5.32 Å². The molecule has 0 saturated heterocycles. The molecule has 1 amide bonds. The Hall–Kier alpha value is -2.56. The molecule has 4 nitrogen and oxygen atoms in total. The highest BCUT2D eigenvalue weighted by Gasteiger charge is 2.13. The Morgan fingerprint density at radius 3 is 2.35 bits per heavy atom. The Kier molecular flexibility index (Phi) is 5.57. The predicted octanol–water partition coefficient (Wildman–Crippen LogP) is 3.12. The Bertz CT molecular complexity index is 675. The lowest BCUT2D eigenvalue weighted by Gasteiger charge is -2.12. The molecule has 0 unspecified atom stereocenters. The minimum Gasteiger partial charge on any atom is -0.496 e. The second-order valence-electron chi connectivity index (χ2n) is 5.14. The maximum atomic E-state index is 13.1. The fourth-order valence-electron chi connectivity index (χ4n) is 2.33. The number of hydrogen-bond donors (Lipinski definition) is 1. The van der Waals surface area contributed by atoms with E-state index in [0.717, 1.165) is 11.1 Å². The number of amides is 1. The predicted molar refractivity (Wildman–Crippen MR) is 86.7 cm³/mol. The zero-order valence-electron chi connectivity index (χ0n) is 13.5. The molecule has 0 fully saturated rings. The average molecular weight is 317 g/mol. The van der Waals surface area contributed by atoms with Gasteiger partial charge in [0, 0.05) is 17.7 Å². The van der Waals surface area contributed by atoms with Crippen LogP contribution in [0.3, 0.4) is 0 Å². The number of benzene rings is 2. The smallest absolute Gasteiger partial charge is 0.251 e. The van der Waals surface area contributed by atoms with Crippen LogP contribution in [0.15, 0.2) is 36.4 Å². The van der Waals surface area contributed by atoms with Crippen molar-refractivity contribution >= 4 is 5.91 Å². The van der Waals surface area contributed by atoms with Crippen LogP contribution in [-0.4, -0.2) is 26.7 Å². The largest absolute Gasteiger partial charge is 0.496 e. The van der Waals surface area contributed by atoms with Gasteiger partial charge in [-0.15, -0.1) is 0 Å². The summed E-state index contributed by atoms with van der Waals surface area (Å²) < 4.78 is 23.6. The van der Waals surface area contributed by atoms with Crippen molar-refractivity contribution in [3.8, 4) is 11.5 Å². The van der Waals surface area contributed by atoms with Crippen LogP contribution in [0.5, 0.6) is 11.5 Å². The Morgan fingerprint density at radius 2 is 1.78 bits per heavy atom. The molecule has 0 aliphatic carbocycles. The van der Waals surface area contributed by atoms with E-state index < -0.39 is 0 Å². The summed E-state index contributed by atoms with van der Waals surface area (Å²) in [5, 5.41) is 2.82. The molecule has 2 rings (SSSR count). The van der Waals surface area contributed by atoms with Crippen molar-refractivity contribution in [1.82, 2.24) is 5.32 Å². The maximum Gasteiger partial charge on any atom is 0.251 e. The normalized spacial score (nSPS) is 10.3. The lowest BCUT2D eigenvalue weighted by molar-refractivity contribution is 0.0953. The molecule has 2 aromatic rings. The summed E-state index contributed by atoms with van der Waals surface area (Å²) in [5.74, 6) is 0.694. The lowest BCUT2D eigenvalue weighted by atomic mass is 10.1.